The van der Waals surface area contributed by atoms with Gasteiger partial charge in [-0.15, -0.1) is 0 Å². The molecular formula is C26H24N2O3. The van der Waals surface area contributed by atoms with Crippen molar-refractivity contribution < 1.29 is 14.7 Å². The lowest BCUT2D eigenvalue weighted by molar-refractivity contribution is -0.305. The Labute approximate surface area is 182 Å². The molecule has 3 aromatic carbocycles. The number of hydrogen-bond acceptors (Lipinski definition) is 4. The zero-order valence-corrected chi connectivity index (χ0v) is 17.2. The van der Waals surface area contributed by atoms with E-state index in [1.807, 2.05) is 85.2 Å². The molecule has 1 heterocycles. The number of hydroxylamine groups is 2. The maximum atomic E-state index is 10.8. The Morgan fingerprint density at radius 2 is 1.39 bits per heavy atom. The summed E-state index contributed by atoms with van der Waals surface area (Å²) in [4.78, 5) is 22.1. The highest BCUT2D eigenvalue weighted by molar-refractivity contribution is 6.07. The molecule has 0 aromatic heterocycles. The van der Waals surface area contributed by atoms with Gasteiger partial charge in [0.2, 0.25) is 12.0 Å². The molecule has 3 aromatic rings. The van der Waals surface area contributed by atoms with Crippen molar-refractivity contribution in [1.82, 2.24) is 4.65 Å². The number of hydrogen-bond donors (Lipinski definition) is 0. The van der Waals surface area contributed by atoms with Gasteiger partial charge in [0, 0.05) is 29.2 Å². The molecule has 0 bridgehead atoms. The first-order valence-corrected chi connectivity index (χ1v) is 10.4. The number of carbonyl (C=O) groups excluding carboxylic acids is 1. The summed E-state index contributed by atoms with van der Waals surface area (Å²) < 4.78 is 0.0143. The van der Waals surface area contributed by atoms with Crippen molar-refractivity contribution in [2.75, 3.05) is 6.61 Å². The quantitative estimate of drug-likeness (QED) is 0.386. The predicted molar refractivity (Wildman–Crippen MR) is 121 cm³/mol. The van der Waals surface area contributed by atoms with Crippen LogP contribution in [-0.4, -0.2) is 18.9 Å². The summed E-state index contributed by atoms with van der Waals surface area (Å²) in [5.41, 5.74) is 4.73. The number of aliphatic imine (C=N–C) groups is 1. The summed E-state index contributed by atoms with van der Waals surface area (Å²) in [6.45, 7) is 0.382. The van der Waals surface area contributed by atoms with Crippen LogP contribution >= 0.6 is 0 Å². The smallest absolute Gasteiger partial charge is 0.234 e. The van der Waals surface area contributed by atoms with Gasteiger partial charge in [0.1, 0.15) is 12.3 Å². The fourth-order valence-corrected chi connectivity index (χ4v) is 3.74. The van der Waals surface area contributed by atoms with E-state index in [0.717, 1.165) is 28.2 Å². The van der Waals surface area contributed by atoms with E-state index >= 15 is 0 Å². The van der Waals surface area contributed by atoms with Crippen LogP contribution in [0.3, 0.4) is 0 Å². The van der Waals surface area contributed by atoms with Gasteiger partial charge in [-0.2, -0.15) is 9.83 Å². The van der Waals surface area contributed by atoms with E-state index in [2.05, 4.69) is 12.1 Å². The average Bonchev–Trinajstić information content (AvgIpc) is 3.21. The maximum absolute atomic E-state index is 10.8. The summed E-state index contributed by atoms with van der Waals surface area (Å²) in [6, 6.07) is 30.1. The van der Waals surface area contributed by atoms with E-state index < -0.39 is 5.97 Å². The van der Waals surface area contributed by atoms with E-state index in [0.29, 0.717) is 19.4 Å². The van der Waals surface area contributed by atoms with Crippen LogP contribution in [0.15, 0.2) is 96.0 Å². The second-order valence-electron chi connectivity index (χ2n) is 7.33. The van der Waals surface area contributed by atoms with Crippen LogP contribution in [0, 0.1) is 0 Å². The highest BCUT2D eigenvalue weighted by Crippen LogP contribution is 2.43. The van der Waals surface area contributed by atoms with Crippen molar-refractivity contribution in [3.63, 3.8) is 0 Å². The van der Waals surface area contributed by atoms with Gasteiger partial charge in [0.15, 0.2) is 5.69 Å². The van der Waals surface area contributed by atoms with Crippen LogP contribution in [0.1, 0.15) is 30.4 Å². The second-order valence-corrected chi connectivity index (χ2v) is 7.33. The molecule has 0 saturated heterocycles. The topological polar surface area (TPSA) is 61.7 Å². The Morgan fingerprint density at radius 3 is 2.00 bits per heavy atom. The molecule has 1 unspecified atom stereocenters. The number of rotatable bonds is 9. The first-order valence-electron chi connectivity index (χ1n) is 10.4. The lowest BCUT2D eigenvalue weighted by Crippen LogP contribution is -2.44. The molecule has 31 heavy (non-hydrogen) atoms. The monoisotopic (exact) mass is 412 g/mol. The minimum Gasteiger partial charge on any atom is -0.550 e. The Bertz CT molecular complexity index is 1080. The van der Waals surface area contributed by atoms with Gasteiger partial charge in [-0.25, -0.2) is 0 Å². The highest BCUT2D eigenvalue weighted by Gasteiger charge is 2.45. The molecule has 0 aliphatic carbocycles. The zero-order valence-electron chi connectivity index (χ0n) is 17.2. The van der Waals surface area contributed by atoms with Crippen molar-refractivity contribution in [2.24, 2.45) is 4.99 Å². The SMILES string of the molecule is O=C([O-])CCCCO[N+]1(c2ccccc2)C=NC(c2ccccc2)=C1c1ccccc1. The molecule has 4 rings (SSSR count). The third-order valence-corrected chi connectivity index (χ3v) is 5.21. The van der Waals surface area contributed by atoms with Gasteiger partial charge in [-0.05, 0) is 31.4 Å². The van der Waals surface area contributed by atoms with Crippen LogP contribution < -0.4 is 9.75 Å². The van der Waals surface area contributed by atoms with Crippen LogP contribution in [0.5, 0.6) is 0 Å². The van der Waals surface area contributed by atoms with Gasteiger partial charge in [-0.3, -0.25) is 0 Å². The number of benzene rings is 3. The molecule has 1 aliphatic rings. The molecule has 0 fully saturated rings. The average molecular weight is 412 g/mol. The number of nitrogens with zero attached hydrogens (tertiary/aromatic N) is 2. The standard InChI is InChI=1S/C26H24N2O3/c29-24(30)18-10-11-19-31-28(23-16-8-3-9-17-23)20-27-25(21-12-4-1-5-13-21)26(28)22-14-6-2-7-15-22/h1-9,12-17,20H,10-11,18-19H2. The zero-order chi connectivity index (χ0) is 21.5. The van der Waals surface area contributed by atoms with E-state index in [1.54, 1.807) is 0 Å². The van der Waals surface area contributed by atoms with E-state index in [9.17, 15) is 9.90 Å². The van der Waals surface area contributed by atoms with Gasteiger partial charge < -0.3 is 9.90 Å². The maximum Gasteiger partial charge on any atom is 0.234 e. The van der Waals surface area contributed by atoms with Gasteiger partial charge in [0.05, 0.1) is 0 Å². The predicted octanol–water partition coefficient (Wildman–Crippen LogP) is 4.41. The van der Waals surface area contributed by atoms with Crippen molar-refractivity contribution in [3.05, 3.63) is 102 Å². The molecule has 0 N–H and O–H groups in total. The highest BCUT2D eigenvalue weighted by atomic mass is 16.7. The van der Waals surface area contributed by atoms with Crippen molar-refractivity contribution in [3.8, 4) is 0 Å². The molecular weight excluding hydrogens is 388 g/mol. The minimum atomic E-state index is -1.04. The molecule has 0 spiro atoms. The molecule has 1 atom stereocenters. The Morgan fingerprint density at radius 1 is 0.806 bits per heavy atom. The van der Waals surface area contributed by atoms with Gasteiger partial charge in [0.25, 0.3) is 0 Å². The Kier molecular flexibility index (Phi) is 6.36. The third kappa shape index (κ3) is 4.48. The summed E-state index contributed by atoms with van der Waals surface area (Å²) in [5.74, 6) is -1.04. The first kappa shape index (κ1) is 20.7. The molecule has 1 aliphatic heterocycles. The van der Waals surface area contributed by atoms with Gasteiger partial charge in [-0.1, -0.05) is 71.4 Å². The fraction of sp³-hybridized carbons (Fsp3) is 0.154. The summed E-state index contributed by atoms with van der Waals surface area (Å²) in [5, 5.41) is 10.8. The first-order chi connectivity index (χ1) is 15.2. The van der Waals surface area contributed by atoms with Crippen LogP contribution in [0.25, 0.3) is 11.4 Å². The summed E-state index contributed by atoms with van der Waals surface area (Å²) in [6.07, 6.45) is 2.96. The fourth-order valence-electron chi connectivity index (χ4n) is 3.74. The molecule has 0 amide bonds. The van der Waals surface area contributed by atoms with Crippen molar-refractivity contribution in [1.29, 1.82) is 0 Å². The molecule has 5 heteroatoms. The number of carboxylic acid groups (broad SMARTS) is 1. The molecule has 0 saturated carbocycles. The van der Waals surface area contributed by atoms with Crippen LogP contribution in [0.4, 0.5) is 5.69 Å². The number of para-hydroxylation sites is 1. The number of quaternary nitrogens is 1. The van der Waals surface area contributed by atoms with Crippen LogP contribution in [0.2, 0.25) is 0 Å². The normalized spacial score (nSPS) is 17.8. The summed E-state index contributed by atoms with van der Waals surface area (Å²) in [7, 11) is 0. The lowest BCUT2D eigenvalue weighted by atomic mass is 10.0. The number of unbranched alkanes of at least 4 members (excludes halogenated alkanes) is 1. The minimum absolute atomic E-state index is 0.0143. The number of aliphatic carboxylic acids is 1. The van der Waals surface area contributed by atoms with E-state index in [1.165, 1.54) is 0 Å². The Balaban J connectivity index is 1.80. The molecule has 5 nitrogen and oxygen atoms in total. The van der Waals surface area contributed by atoms with Crippen molar-refractivity contribution >= 4 is 29.4 Å². The van der Waals surface area contributed by atoms with Crippen LogP contribution in [-0.2, 0) is 9.63 Å². The summed E-state index contributed by atoms with van der Waals surface area (Å²) >= 11 is 0. The van der Waals surface area contributed by atoms with Gasteiger partial charge >= 0.3 is 0 Å². The second kappa shape index (κ2) is 9.51. The Hall–Kier alpha value is -3.54. The van der Waals surface area contributed by atoms with Crippen molar-refractivity contribution in [2.45, 2.75) is 19.3 Å². The number of carbonyl (C=O) groups is 1. The van der Waals surface area contributed by atoms with E-state index in [-0.39, 0.29) is 11.1 Å². The number of carboxylic acids is 1. The van der Waals surface area contributed by atoms with E-state index in [4.69, 9.17) is 9.83 Å². The third-order valence-electron chi connectivity index (χ3n) is 5.21. The largest absolute Gasteiger partial charge is 0.550 e. The molecule has 156 valence electrons. The molecule has 0 radical (unpaired) electrons. The lowest BCUT2D eigenvalue weighted by Gasteiger charge is -2.29.